The summed E-state index contributed by atoms with van der Waals surface area (Å²) in [5.41, 5.74) is 7.52. The molecule has 0 saturated carbocycles. The number of likely N-dealkylation sites (tertiary alicyclic amines) is 1. The van der Waals surface area contributed by atoms with Crippen molar-refractivity contribution in [2.75, 3.05) is 31.6 Å². The van der Waals surface area contributed by atoms with Crippen molar-refractivity contribution >= 4 is 24.0 Å². The molecule has 0 radical (unpaired) electrons. The van der Waals surface area contributed by atoms with Gasteiger partial charge >= 0.3 is 0 Å². The van der Waals surface area contributed by atoms with Gasteiger partial charge in [0.2, 0.25) is 5.91 Å². The smallest absolute Gasteiger partial charge is 0.228 e. The number of halogens is 1. The molecule has 1 amide bonds. The number of amides is 1. The minimum atomic E-state index is 0. The quantitative estimate of drug-likeness (QED) is 0.762. The molecule has 6 heteroatoms. The van der Waals surface area contributed by atoms with Crippen LogP contribution in [0, 0.1) is 5.92 Å². The molecule has 146 valence electrons. The Bertz CT molecular complexity index is 694. The Hall–Kier alpha value is -2.08. The van der Waals surface area contributed by atoms with Crippen LogP contribution in [0.5, 0.6) is 5.75 Å². The lowest BCUT2D eigenvalue weighted by Gasteiger charge is -2.32. The van der Waals surface area contributed by atoms with Crippen LogP contribution in [0.15, 0.2) is 54.6 Å². The lowest BCUT2D eigenvalue weighted by Crippen LogP contribution is -2.40. The van der Waals surface area contributed by atoms with Crippen LogP contribution < -0.4 is 15.8 Å². The first kappa shape index (κ1) is 21.2. The summed E-state index contributed by atoms with van der Waals surface area (Å²) in [6.07, 6.45) is 1.99. The van der Waals surface area contributed by atoms with Gasteiger partial charge in [0.15, 0.2) is 0 Å². The number of anilines is 1. The van der Waals surface area contributed by atoms with Crippen LogP contribution >= 0.6 is 12.4 Å². The number of carbonyl (C=O) groups is 1. The number of piperidine rings is 1. The second kappa shape index (κ2) is 10.9. The molecule has 0 spiro atoms. The number of hydrogen-bond acceptors (Lipinski definition) is 4. The third-order valence-electron chi connectivity index (χ3n) is 4.63. The molecule has 1 fully saturated rings. The van der Waals surface area contributed by atoms with E-state index in [1.807, 2.05) is 30.3 Å². The van der Waals surface area contributed by atoms with Crippen LogP contribution in [-0.2, 0) is 11.3 Å². The highest BCUT2D eigenvalue weighted by molar-refractivity contribution is 5.92. The molecule has 3 rings (SSSR count). The van der Waals surface area contributed by atoms with E-state index in [1.54, 1.807) is 0 Å². The zero-order valence-electron chi connectivity index (χ0n) is 15.5. The summed E-state index contributed by atoms with van der Waals surface area (Å²) in [4.78, 5) is 15.0. The maximum Gasteiger partial charge on any atom is 0.228 e. The van der Waals surface area contributed by atoms with E-state index in [1.165, 1.54) is 5.56 Å². The fourth-order valence-electron chi connectivity index (χ4n) is 3.31. The Morgan fingerprint density at radius 2 is 1.89 bits per heavy atom. The third kappa shape index (κ3) is 6.54. The van der Waals surface area contributed by atoms with Crippen molar-refractivity contribution in [1.82, 2.24) is 4.90 Å². The lowest BCUT2D eigenvalue weighted by molar-refractivity contribution is -0.121. The summed E-state index contributed by atoms with van der Waals surface area (Å²) in [6.45, 7) is 3.73. The normalized spacial score (nSPS) is 17.0. The number of nitrogens with one attached hydrogen (secondary N) is 1. The Morgan fingerprint density at radius 1 is 1.15 bits per heavy atom. The number of nitrogens with zero attached hydrogens (tertiary/aromatic N) is 1. The van der Waals surface area contributed by atoms with E-state index in [0.29, 0.717) is 13.2 Å². The van der Waals surface area contributed by atoms with Gasteiger partial charge in [-0.3, -0.25) is 9.69 Å². The molecular weight excluding hydrogens is 362 g/mol. The summed E-state index contributed by atoms with van der Waals surface area (Å²) in [5, 5.41) is 3.03. The van der Waals surface area contributed by atoms with E-state index in [2.05, 4.69) is 34.5 Å². The molecule has 1 unspecified atom stereocenters. The molecule has 1 heterocycles. The van der Waals surface area contributed by atoms with Crippen molar-refractivity contribution in [1.29, 1.82) is 0 Å². The van der Waals surface area contributed by atoms with Gasteiger partial charge in [0.05, 0.1) is 5.92 Å². The first-order chi connectivity index (χ1) is 12.7. The highest BCUT2D eigenvalue weighted by Gasteiger charge is 2.25. The number of carbonyl (C=O) groups excluding carboxylic acids is 1. The van der Waals surface area contributed by atoms with Gasteiger partial charge in [0, 0.05) is 25.3 Å². The minimum absolute atomic E-state index is 0. The maximum absolute atomic E-state index is 12.6. The molecular formula is C21H28ClN3O2. The second-order valence-corrected chi connectivity index (χ2v) is 6.71. The van der Waals surface area contributed by atoms with Crippen LogP contribution in [0.2, 0.25) is 0 Å². The molecule has 1 aliphatic heterocycles. The van der Waals surface area contributed by atoms with E-state index in [-0.39, 0.29) is 24.2 Å². The van der Waals surface area contributed by atoms with E-state index >= 15 is 0 Å². The van der Waals surface area contributed by atoms with Crippen molar-refractivity contribution in [3.63, 3.8) is 0 Å². The molecule has 1 atom stereocenters. The fourth-order valence-corrected chi connectivity index (χ4v) is 3.31. The van der Waals surface area contributed by atoms with Crippen LogP contribution in [0.3, 0.4) is 0 Å². The number of hydrogen-bond donors (Lipinski definition) is 2. The molecule has 2 aromatic rings. The summed E-state index contributed by atoms with van der Waals surface area (Å²) in [5.74, 6) is 0.888. The van der Waals surface area contributed by atoms with Gasteiger partial charge in [0.25, 0.3) is 0 Å². The minimum Gasteiger partial charge on any atom is -0.492 e. The van der Waals surface area contributed by atoms with Crippen LogP contribution in [0.25, 0.3) is 0 Å². The average Bonchev–Trinajstić information content (AvgIpc) is 2.68. The van der Waals surface area contributed by atoms with Crippen molar-refractivity contribution in [2.24, 2.45) is 11.7 Å². The van der Waals surface area contributed by atoms with E-state index < -0.39 is 0 Å². The Labute approximate surface area is 167 Å². The predicted octanol–water partition coefficient (Wildman–Crippen LogP) is 3.30. The molecule has 1 aliphatic rings. The Morgan fingerprint density at radius 3 is 2.59 bits per heavy atom. The monoisotopic (exact) mass is 389 g/mol. The SMILES string of the molecule is Cl.NCCOc1ccc(NC(=O)C2CCCN(Cc3ccccc3)C2)cc1. The number of rotatable bonds is 7. The predicted molar refractivity (Wildman–Crippen MR) is 111 cm³/mol. The maximum atomic E-state index is 12.6. The second-order valence-electron chi connectivity index (χ2n) is 6.71. The summed E-state index contributed by atoms with van der Waals surface area (Å²) < 4.78 is 5.46. The van der Waals surface area contributed by atoms with Crippen molar-refractivity contribution in [3.8, 4) is 5.75 Å². The topological polar surface area (TPSA) is 67.6 Å². The molecule has 0 aliphatic carbocycles. The fraction of sp³-hybridized carbons (Fsp3) is 0.381. The molecule has 0 bridgehead atoms. The summed E-state index contributed by atoms with van der Waals surface area (Å²) in [7, 11) is 0. The first-order valence-corrected chi connectivity index (χ1v) is 9.24. The first-order valence-electron chi connectivity index (χ1n) is 9.24. The largest absolute Gasteiger partial charge is 0.492 e. The number of ether oxygens (including phenoxy) is 1. The molecule has 27 heavy (non-hydrogen) atoms. The van der Waals surface area contributed by atoms with Crippen LogP contribution in [0.1, 0.15) is 18.4 Å². The lowest BCUT2D eigenvalue weighted by atomic mass is 9.96. The zero-order chi connectivity index (χ0) is 18.2. The number of nitrogens with two attached hydrogens (primary N) is 1. The van der Waals surface area contributed by atoms with Gasteiger partial charge in [0.1, 0.15) is 12.4 Å². The highest BCUT2D eigenvalue weighted by Crippen LogP contribution is 2.21. The van der Waals surface area contributed by atoms with Crippen molar-refractivity contribution < 1.29 is 9.53 Å². The Kier molecular flexibility index (Phi) is 8.58. The molecule has 0 aromatic heterocycles. The van der Waals surface area contributed by atoms with Gasteiger partial charge in [-0.25, -0.2) is 0 Å². The number of benzene rings is 2. The van der Waals surface area contributed by atoms with Gasteiger partial charge in [-0.1, -0.05) is 30.3 Å². The van der Waals surface area contributed by atoms with E-state index in [0.717, 1.165) is 43.9 Å². The van der Waals surface area contributed by atoms with Crippen LogP contribution in [-0.4, -0.2) is 37.0 Å². The van der Waals surface area contributed by atoms with Crippen molar-refractivity contribution in [3.05, 3.63) is 60.2 Å². The third-order valence-corrected chi connectivity index (χ3v) is 4.63. The summed E-state index contributed by atoms with van der Waals surface area (Å²) >= 11 is 0. The van der Waals surface area contributed by atoms with Gasteiger partial charge in [-0.05, 0) is 49.2 Å². The van der Waals surface area contributed by atoms with Crippen LogP contribution in [0.4, 0.5) is 5.69 Å². The Balaban J connectivity index is 0.00000261. The van der Waals surface area contributed by atoms with E-state index in [9.17, 15) is 4.79 Å². The standard InChI is InChI=1S/C21H27N3O2.ClH/c22-12-14-26-20-10-8-19(9-11-20)23-21(25)18-7-4-13-24(16-18)15-17-5-2-1-3-6-17;/h1-3,5-6,8-11,18H,4,7,12-16,22H2,(H,23,25);1H. The molecule has 5 nitrogen and oxygen atoms in total. The molecule has 3 N–H and O–H groups in total. The average molecular weight is 390 g/mol. The van der Waals surface area contributed by atoms with Gasteiger partial charge < -0.3 is 15.8 Å². The van der Waals surface area contributed by atoms with E-state index in [4.69, 9.17) is 10.5 Å². The highest BCUT2D eigenvalue weighted by atomic mass is 35.5. The molecule has 2 aromatic carbocycles. The zero-order valence-corrected chi connectivity index (χ0v) is 16.3. The van der Waals surface area contributed by atoms with Crippen molar-refractivity contribution in [2.45, 2.75) is 19.4 Å². The van der Waals surface area contributed by atoms with Gasteiger partial charge in [-0.15, -0.1) is 12.4 Å². The molecule has 1 saturated heterocycles. The summed E-state index contributed by atoms with van der Waals surface area (Å²) in [6, 6.07) is 17.9. The van der Waals surface area contributed by atoms with Gasteiger partial charge in [-0.2, -0.15) is 0 Å².